The lowest BCUT2D eigenvalue weighted by atomic mass is 10.1. The minimum Gasteiger partial charge on any atom is -0.352 e. The number of para-hydroxylation sites is 1. The average molecular weight is 277 g/mol. The molecular weight excluding hydrogens is 262 g/mol. The predicted octanol–water partition coefficient (Wildman–Crippen LogP) is 2.49. The average Bonchev–Trinajstić information content (AvgIpc) is 2.54. The normalized spacial score (nSPS) is 10.5. The molecule has 4 nitrogen and oxygen atoms in total. The van der Waals surface area contributed by atoms with Gasteiger partial charge >= 0.3 is 0 Å². The van der Waals surface area contributed by atoms with Gasteiger partial charge in [0.1, 0.15) is 0 Å². The Morgan fingerprint density at radius 2 is 1.90 bits per heavy atom. The van der Waals surface area contributed by atoms with Gasteiger partial charge in [0.25, 0.3) is 0 Å². The topological polar surface area (TPSA) is 54.9 Å². The molecule has 1 N–H and O–H groups in total. The van der Waals surface area contributed by atoms with E-state index < -0.39 is 0 Å². The van der Waals surface area contributed by atoms with E-state index in [1.807, 2.05) is 42.5 Å². The van der Waals surface area contributed by atoms with Gasteiger partial charge in [-0.15, -0.1) is 0 Å². The summed E-state index contributed by atoms with van der Waals surface area (Å²) in [6.45, 7) is 0.491. The summed E-state index contributed by atoms with van der Waals surface area (Å²) < 4.78 is 0. The molecule has 1 aromatic carbocycles. The summed E-state index contributed by atoms with van der Waals surface area (Å²) in [6.07, 6.45) is 5.54. The Morgan fingerprint density at radius 3 is 2.76 bits per heavy atom. The van der Waals surface area contributed by atoms with Crippen LogP contribution in [-0.2, 0) is 17.8 Å². The molecule has 0 aliphatic rings. The Kier molecular flexibility index (Phi) is 3.87. The standard InChI is InChI=1S/C17H15N3O/c21-16(20-12-13-4-2-8-18-11-13)10-15-6-1-5-14-7-3-9-19-17(14)15/h1-9,11H,10,12H2,(H,20,21). The van der Waals surface area contributed by atoms with Crippen molar-refractivity contribution in [1.82, 2.24) is 15.3 Å². The first-order valence-corrected chi connectivity index (χ1v) is 6.81. The van der Waals surface area contributed by atoms with Crippen LogP contribution in [0.25, 0.3) is 10.9 Å². The third kappa shape index (κ3) is 3.23. The van der Waals surface area contributed by atoms with E-state index in [0.717, 1.165) is 22.0 Å². The molecule has 104 valence electrons. The lowest BCUT2D eigenvalue weighted by Gasteiger charge is -2.07. The number of amides is 1. The molecule has 21 heavy (non-hydrogen) atoms. The summed E-state index contributed by atoms with van der Waals surface area (Å²) in [5, 5.41) is 3.96. The van der Waals surface area contributed by atoms with Crippen molar-refractivity contribution in [3.63, 3.8) is 0 Å². The van der Waals surface area contributed by atoms with Gasteiger partial charge < -0.3 is 5.32 Å². The third-order valence-corrected chi connectivity index (χ3v) is 3.28. The summed E-state index contributed by atoms with van der Waals surface area (Å²) >= 11 is 0. The molecule has 0 bridgehead atoms. The fourth-order valence-electron chi connectivity index (χ4n) is 2.25. The van der Waals surface area contributed by atoms with Gasteiger partial charge in [-0.2, -0.15) is 0 Å². The number of carbonyl (C=O) groups excluding carboxylic acids is 1. The minimum absolute atomic E-state index is 0.0167. The first kappa shape index (κ1) is 13.2. The van der Waals surface area contributed by atoms with Crippen molar-refractivity contribution in [2.24, 2.45) is 0 Å². The molecule has 0 atom stereocenters. The monoisotopic (exact) mass is 277 g/mol. The van der Waals surface area contributed by atoms with Crippen molar-refractivity contribution in [2.45, 2.75) is 13.0 Å². The van der Waals surface area contributed by atoms with E-state index in [4.69, 9.17) is 0 Å². The fourth-order valence-corrected chi connectivity index (χ4v) is 2.25. The van der Waals surface area contributed by atoms with Crippen LogP contribution in [0.3, 0.4) is 0 Å². The zero-order chi connectivity index (χ0) is 14.5. The van der Waals surface area contributed by atoms with Gasteiger partial charge in [0.15, 0.2) is 0 Å². The molecule has 3 aromatic rings. The molecule has 0 aliphatic carbocycles. The maximum absolute atomic E-state index is 12.1. The van der Waals surface area contributed by atoms with Crippen LogP contribution in [0.2, 0.25) is 0 Å². The Hall–Kier alpha value is -2.75. The smallest absolute Gasteiger partial charge is 0.224 e. The second kappa shape index (κ2) is 6.13. The summed E-state index contributed by atoms with van der Waals surface area (Å²) in [5.41, 5.74) is 2.82. The maximum atomic E-state index is 12.1. The van der Waals surface area contributed by atoms with Gasteiger partial charge in [-0.05, 0) is 23.3 Å². The van der Waals surface area contributed by atoms with Crippen molar-refractivity contribution < 1.29 is 4.79 Å². The van der Waals surface area contributed by atoms with Crippen LogP contribution in [-0.4, -0.2) is 15.9 Å². The Bertz CT molecular complexity index is 751. The summed E-state index contributed by atoms with van der Waals surface area (Å²) in [7, 11) is 0. The van der Waals surface area contributed by atoms with Crippen LogP contribution in [0.5, 0.6) is 0 Å². The number of benzene rings is 1. The number of hydrogen-bond acceptors (Lipinski definition) is 3. The number of aromatic nitrogens is 2. The first-order valence-electron chi connectivity index (χ1n) is 6.81. The number of pyridine rings is 2. The van der Waals surface area contributed by atoms with Crippen LogP contribution in [0.1, 0.15) is 11.1 Å². The molecule has 0 spiro atoms. The number of hydrogen-bond donors (Lipinski definition) is 1. The van der Waals surface area contributed by atoms with Gasteiger partial charge in [-0.3, -0.25) is 14.8 Å². The van der Waals surface area contributed by atoms with E-state index in [2.05, 4.69) is 15.3 Å². The highest BCUT2D eigenvalue weighted by atomic mass is 16.1. The van der Waals surface area contributed by atoms with Gasteiger partial charge in [-0.1, -0.05) is 30.3 Å². The zero-order valence-corrected chi connectivity index (χ0v) is 11.5. The van der Waals surface area contributed by atoms with E-state index >= 15 is 0 Å². The van der Waals surface area contributed by atoms with Crippen molar-refractivity contribution >= 4 is 16.8 Å². The molecule has 0 saturated heterocycles. The van der Waals surface area contributed by atoms with Crippen molar-refractivity contribution in [3.05, 3.63) is 72.2 Å². The summed E-state index contributed by atoms with van der Waals surface area (Å²) in [4.78, 5) is 20.5. The van der Waals surface area contributed by atoms with Crippen LogP contribution >= 0.6 is 0 Å². The molecule has 0 fully saturated rings. The summed E-state index contributed by atoms with van der Waals surface area (Å²) in [5.74, 6) is -0.0167. The Balaban J connectivity index is 1.69. The number of fused-ring (bicyclic) bond motifs is 1. The van der Waals surface area contributed by atoms with Crippen molar-refractivity contribution in [2.75, 3.05) is 0 Å². The van der Waals surface area contributed by atoms with Gasteiger partial charge in [0.2, 0.25) is 5.91 Å². The first-order chi connectivity index (χ1) is 10.3. The highest BCUT2D eigenvalue weighted by molar-refractivity contribution is 5.87. The van der Waals surface area contributed by atoms with Gasteiger partial charge in [0, 0.05) is 30.5 Å². The molecule has 0 unspecified atom stereocenters. The predicted molar refractivity (Wildman–Crippen MR) is 81.5 cm³/mol. The van der Waals surface area contributed by atoms with Crippen LogP contribution in [0.4, 0.5) is 0 Å². The highest BCUT2D eigenvalue weighted by Crippen LogP contribution is 2.16. The Morgan fingerprint density at radius 1 is 1.05 bits per heavy atom. The molecular formula is C17H15N3O. The van der Waals surface area contributed by atoms with E-state index in [1.165, 1.54) is 0 Å². The molecule has 2 aromatic heterocycles. The van der Waals surface area contributed by atoms with E-state index in [9.17, 15) is 4.79 Å². The SMILES string of the molecule is O=C(Cc1cccc2cccnc12)NCc1cccnc1. The zero-order valence-electron chi connectivity index (χ0n) is 11.5. The quantitative estimate of drug-likeness (QED) is 0.797. The summed E-state index contributed by atoms with van der Waals surface area (Å²) in [6, 6.07) is 13.6. The molecule has 0 radical (unpaired) electrons. The number of rotatable bonds is 4. The Labute approximate surface area is 122 Å². The van der Waals surface area contributed by atoms with Crippen molar-refractivity contribution in [1.29, 1.82) is 0 Å². The lowest BCUT2D eigenvalue weighted by molar-refractivity contribution is -0.120. The molecule has 0 saturated carbocycles. The van der Waals surface area contributed by atoms with Gasteiger partial charge in [-0.25, -0.2) is 0 Å². The minimum atomic E-state index is -0.0167. The molecule has 3 rings (SSSR count). The number of nitrogens with one attached hydrogen (secondary N) is 1. The van der Waals surface area contributed by atoms with E-state index in [0.29, 0.717) is 13.0 Å². The third-order valence-electron chi connectivity index (χ3n) is 3.28. The van der Waals surface area contributed by atoms with Crippen LogP contribution < -0.4 is 5.32 Å². The molecule has 0 aliphatic heterocycles. The maximum Gasteiger partial charge on any atom is 0.224 e. The number of carbonyl (C=O) groups is 1. The van der Waals surface area contributed by atoms with Crippen molar-refractivity contribution in [3.8, 4) is 0 Å². The largest absolute Gasteiger partial charge is 0.352 e. The molecule has 4 heteroatoms. The second-order valence-electron chi connectivity index (χ2n) is 4.81. The second-order valence-corrected chi connectivity index (χ2v) is 4.81. The lowest BCUT2D eigenvalue weighted by Crippen LogP contribution is -2.24. The van der Waals surface area contributed by atoms with E-state index in [1.54, 1.807) is 18.6 Å². The highest BCUT2D eigenvalue weighted by Gasteiger charge is 2.07. The van der Waals surface area contributed by atoms with E-state index in [-0.39, 0.29) is 5.91 Å². The molecule has 1 amide bonds. The fraction of sp³-hybridized carbons (Fsp3) is 0.118. The van der Waals surface area contributed by atoms with Crippen LogP contribution in [0, 0.1) is 0 Å². The molecule has 2 heterocycles. The van der Waals surface area contributed by atoms with Crippen LogP contribution in [0.15, 0.2) is 61.1 Å². The number of nitrogens with zero attached hydrogens (tertiary/aromatic N) is 2. The van der Waals surface area contributed by atoms with Gasteiger partial charge in [0.05, 0.1) is 11.9 Å².